The van der Waals surface area contributed by atoms with Crippen LogP contribution in [-0.4, -0.2) is 42.1 Å². The molecule has 0 fully saturated rings. The Bertz CT molecular complexity index is 1080. The van der Waals surface area contributed by atoms with Gasteiger partial charge >= 0.3 is 0 Å². The Balaban J connectivity index is 1.74. The van der Waals surface area contributed by atoms with E-state index in [-0.39, 0.29) is 12.4 Å². The quantitative estimate of drug-likeness (QED) is 0.636. The Kier molecular flexibility index (Phi) is 6.09. The highest BCUT2D eigenvalue weighted by molar-refractivity contribution is 7.88. The van der Waals surface area contributed by atoms with Crippen LogP contribution in [0.25, 0.3) is 11.4 Å². The molecule has 0 bridgehead atoms. The molecule has 0 saturated carbocycles. The highest BCUT2D eigenvalue weighted by atomic mass is 32.2. The molecule has 3 aromatic rings. The van der Waals surface area contributed by atoms with Crippen molar-refractivity contribution in [2.24, 2.45) is 0 Å². The number of nitrogens with zero attached hydrogens (tertiary/aromatic N) is 3. The summed E-state index contributed by atoms with van der Waals surface area (Å²) in [7, 11) is -2.22. The maximum atomic E-state index is 12.8. The second kappa shape index (κ2) is 8.54. The first kappa shape index (κ1) is 20.7. The van der Waals surface area contributed by atoms with Crippen molar-refractivity contribution in [1.29, 1.82) is 0 Å². The molecule has 0 spiro atoms. The minimum atomic E-state index is -3.59. The fraction of sp³-hybridized carbons (Fsp3) is 0.250. The number of nitrogens with one attached hydrogen (secondary N) is 1. The number of carbonyl (C=O) groups is 1. The number of hydrogen-bond acceptors (Lipinski definition) is 6. The van der Waals surface area contributed by atoms with Crippen molar-refractivity contribution in [1.82, 2.24) is 19.8 Å². The van der Waals surface area contributed by atoms with Crippen LogP contribution in [-0.2, 0) is 21.4 Å². The van der Waals surface area contributed by atoms with E-state index in [1.165, 1.54) is 7.05 Å². The minimum absolute atomic E-state index is 0.0152. The summed E-state index contributed by atoms with van der Waals surface area (Å²) in [4.78, 5) is 17.1. The van der Waals surface area contributed by atoms with E-state index in [0.717, 1.165) is 21.7 Å². The summed E-state index contributed by atoms with van der Waals surface area (Å²) in [6.07, 6.45) is 1.06. The van der Waals surface area contributed by atoms with Gasteiger partial charge in [-0.1, -0.05) is 65.3 Å². The van der Waals surface area contributed by atoms with E-state index in [9.17, 15) is 13.2 Å². The number of likely N-dealkylation sites (N-methyl/N-ethyl adjacent to an activating group) is 1. The fourth-order valence-electron chi connectivity index (χ4n) is 2.76. The van der Waals surface area contributed by atoms with Crippen molar-refractivity contribution >= 4 is 15.9 Å². The Morgan fingerprint density at radius 1 is 1.14 bits per heavy atom. The van der Waals surface area contributed by atoms with Gasteiger partial charge in [0.05, 0.1) is 12.8 Å². The first-order valence-electron chi connectivity index (χ1n) is 8.91. The first-order chi connectivity index (χ1) is 13.8. The van der Waals surface area contributed by atoms with Gasteiger partial charge in [-0.15, -0.1) is 0 Å². The molecule has 1 N–H and O–H groups in total. The van der Waals surface area contributed by atoms with Crippen molar-refractivity contribution in [2.45, 2.75) is 19.5 Å². The molecule has 3 rings (SSSR count). The lowest BCUT2D eigenvalue weighted by atomic mass is 10.1. The number of carbonyl (C=O) groups excluding carboxylic acids is 1. The zero-order valence-electron chi connectivity index (χ0n) is 16.4. The average Bonchev–Trinajstić information content (AvgIpc) is 3.16. The normalized spacial score (nSPS) is 12.7. The standard InChI is InChI=1S/C20H22N4O4S/c1-14-9-11-16(12-10-14)19-22-17(28-23-19)13-21-20(25)18(24(2)29(3,26)27)15-7-5-4-6-8-15/h4-12,18H,13H2,1-3H3,(H,21,25). The van der Waals surface area contributed by atoms with Crippen LogP contribution in [0, 0.1) is 6.92 Å². The lowest BCUT2D eigenvalue weighted by molar-refractivity contribution is -0.125. The third kappa shape index (κ3) is 5.07. The summed E-state index contributed by atoms with van der Waals surface area (Å²) in [5.74, 6) is 0.157. The van der Waals surface area contributed by atoms with Crippen LogP contribution in [0.3, 0.4) is 0 Å². The van der Waals surface area contributed by atoms with Gasteiger partial charge in [0, 0.05) is 12.6 Å². The largest absolute Gasteiger partial charge is 0.345 e. The van der Waals surface area contributed by atoms with Crippen molar-refractivity contribution < 1.29 is 17.7 Å². The molecule has 1 heterocycles. The lowest BCUT2D eigenvalue weighted by Gasteiger charge is -2.25. The topological polar surface area (TPSA) is 105 Å². The highest BCUT2D eigenvalue weighted by Gasteiger charge is 2.30. The van der Waals surface area contributed by atoms with Crippen molar-refractivity contribution in [2.75, 3.05) is 13.3 Å². The maximum absolute atomic E-state index is 12.8. The van der Waals surface area contributed by atoms with Gasteiger partial charge in [0.2, 0.25) is 27.6 Å². The SMILES string of the molecule is Cc1ccc(-c2noc(CNC(=O)C(c3ccccc3)N(C)S(C)(=O)=O)n2)cc1. The van der Waals surface area contributed by atoms with Gasteiger partial charge in [-0.05, 0) is 12.5 Å². The summed E-state index contributed by atoms with van der Waals surface area (Å²) in [6.45, 7) is 1.97. The van der Waals surface area contributed by atoms with E-state index in [1.54, 1.807) is 30.3 Å². The second-order valence-electron chi connectivity index (χ2n) is 6.69. The van der Waals surface area contributed by atoms with Crippen LogP contribution in [0.4, 0.5) is 0 Å². The van der Waals surface area contributed by atoms with Crippen molar-refractivity contribution in [3.05, 3.63) is 71.6 Å². The molecule has 0 aliphatic carbocycles. The average molecular weight is 414 g/mol. The van der Waals surface area contributed by atoms with Gasteiger partial charge in [0.15, 0.2) is 0 Å². The van der Waals surface area contributed by atoms with Crippen molar-refractivity contribution in [3.8, 4) is 11.4 Å². The molecule has 1 amide bonds. The summed E-state index contributed by atoms with van der Waals surface area (Å²) >= 11 is 0. The Labute approximate surface area is 169 Å². The van der Waals surface area contributed by atoms with Gasteiger partial charge < -0.3 is 9.84 Å². The highest BCUT2D eigenvalue weighted by Crippen LogP contribution is 2.22. The van der Waals surface area contributed by atoms with E-state index >= 15 is 0 Å². The smallest absolute Gasteiger partial charge is 0.246 e. The number of hydrogen-bond donors (Lipinski definition) is 1. The van der Waals surface area contributed by atoms with Crippen LogP contribution in [0.1, 0.15) is 23.1 Å². The summed E-state index contributed by atoms with van der Waals surface area (Å²) in [5, 5.41) is 6.61. The summed E-state index contributed by atoms with van der Waals surface area (Å²) in [6, 6.07) is 15.3. The predicted molar refractivity (Wildman–Crippen MR) is 108 cm³/mol. The Morgan fingerprint density at radius 3 is 2.41 bits per heavy atom. The Hall–Kier alpha value is -3.04. The van der Waals surface area contributed by atoms with Crippen LogP contribution in [0.15, 0.2) is 59.1 Å². The molecule has 0 radical (unpaired) electrons. The van der Waals surface area contributed by atoms with E-state index in [0.29, 0.717) is 11.4 Å². The van der Waals surface area contributed by atoms with Crippen LogP contribution in [0.5, 0.6) is 0 Å². The molecule has 1 unspecified atom stereocenters. The monoisotopic (exact) mass is 414 g/mol. The zero-order valence-corrected chi connectivity index (χ0v) is 17.2. The van der Waals surface area contributed by atoms with E-state index in [2.05, 4.69) is 15.5 Å². The number of benzene rings is 2. The van der Waals surface area contributed by atoms with Gasteiger partial charge in [-0.25, -0.2) is 8.42 Å². The molecule has 1 atom stereocenters. The molecule has 2 aromatic carbocycles. The summed E-state index contributed by atoms with van der Waals surface area (Å²) < 4.78 is 30.3. The second-order valence-corrected chi connectivity index (χ2v) is 8.73. The van der Waals surface area contributed by atoms with Crippen LogP contribution >= 0.6 is 0 Å². The number of aromatic nitrogens is 2. The van der Waals surface area contributed by atoms with E-state index in [1.807, 2.05) is 31.2 Å². The summed E-state index contributed by atoms with van der Waals surface area (Å²) in [5.41, 5.74) is 2.48. The number of amides is 1. The first-order valence-corrected chi connectivity index (χ1v) is 10.8. The molecule has 152 valence electrons. The van der Waals surface area contributed by atoms with Gasteiger partial charge in [-0.2, -0.15) is 9.29 Å². The van der Waals surface area contributed by atoms with E-state index in [4.69, 9.17) is 4.52 Å². The molecule has 29 heavy (non-hydrogen) atoms. The molecular weight excluding hydrogens is 392 g/mol. The van der Waals surface area contributed by atoms with Gasteiger partial charge in [-0.3, -0.25) is 4.79 Å². The maximum Gasteiger partial charge on any atom is 0.246 e. The number of aryl methyl sites for hydroxylation is 1. The molecule has 8 nitrogen and oxygen atoms in total. The Morgan fingerprint density at radius 2 is 1.79 bits per heavy atom. The molecule has 9 heteroatoms. The van der Waals surface area contributed by atoms with Crippen LogP contribution in [0.2, 0.25) is 0 Å². The zero-order chi connectivity index (χ0) is 21.0. The minimum Gasteiger partial charge on any atom is -0.345 e. The third-order valence-corrected chi connectivity index (χ3v) is 5.70. The van der Waals surface area contributed by atoms with Crippen LogP contribution < -0.4 is 5.32 Å². The molecule has 0 aliphatic rings. The molecular formula is C20H22N4O4S. The lowest BCUT2D eigenvalue weighted by Crippen LogP contribution is -2.41. The van der Waals surface area contributed by atoms with Gasteiger partial charge in [0.25, 0.3) is 0 Å². The molecule has 0 saturated heterocycles. The number of sulfonamides is 1. The predicted octanol–water partition coefficient (Wildman–Crippen LogP) is 2.29. The molecule has 1 aromatic heterocycles. The third-order valence-electron chi connectivity index (χ3n) is 4.44. The van der Waals surface area contributed by atoms with Gasteiger partial charge in [0.1, 0.15) is 6.04 Å². The fourth-order valence-corrected chi connectivity index (χ4v) is 3.36. The molecule has 0 aliphatic heterocycles. The van der Waals surface area contributed by atoms with Crippen molar-refractivity contribution in [3.63, 3.8) is 0 Å². The number of rotatable bonds is 7. The van der Waals surface area contributed by atoms with E-state index < -0.39 is 22.0 Å².